The first-order chi connectivity index (χ1) is 45.3. The molecular weight excluding hydrogens is 1450 g/mol. The van der Waals surface area contributed by atoms with Gasteiger partial charge in [0.15, 0.2) is 25.2 Å². The molecule has 0 aromatic carbocycles. The van der Waals surface area contributed by atoms with Crippen LogP contribution in [0.4, 0.5) is 0 Å². The average molecular weight is 1560 g/mol. The van der Waals surface area contributed by atoms with Crippen LogP contribution in [0.1, 0.15) is 77.0 Å². The molecule has 4 saturated heterocycles. The zero-order valence-corrected chi connectivity index (χ0v) is 56.5. The standard InChI is InChI=1S/C58H105N5O32.Gd.O/c64-30-34-43(76)47(80)51(84)55(92-34)88-21-9-1-5-13-62(14-6-2-10-22-89-56-52(85)48(81)44(77)35(31-65)93-56)38(68)25-60(28-41(72)73)19-17-59(27-40(70)71)18-20-61(29-42(74)75)26-39(69)63(15-7-3-11-23-90-57-53(86)49(82)45(78)36(32-66)94-57)16-8-4-12-24-91-58-54(87)50(83)46(79)37(33-67)95-58;;/h34-37,43-58,64-67,76-87H,1-33H2,(H,70,71)(H,72,73)(H,74,75);;/q;+3;-2/t34-,35-,36+,37+,43-,44-,45+,46+,47+,48+,49-,50-,51+,52+,53-,54-,55?,56?,57?,58?;;. The second-order valence-electron chi connectivity index (χ2n) is 24.2. The Morgan fingerprint density at radius 1 is 0.289 bits per heavy atom. The van der Waals surface area contributed by atoms with Gasteiger partial charge in [0.2, 0.25) is 11.8 Å². The van der Waals surface area contributed by atoms with Crippen LogP contribution < -0.4 is 0 Å². The number of aliphatic carboxylic acids is 3. The van der Waals surface area contributed by atoms with Crippen LogP contribution in [0.2, 0.25) is 0 Å². The number of hydrogen-bond donors (Lipinski definition) is 19. The van der Waals surface area contributed by atoms with Gasteiger partial charge in [-0.05, 0) is 77.0 Å². The van der Waals surface area contributed by atoms with Crippen LogP contribution in [-0.4, -0.2) is 412 Å². The summed E-state index contributed by atoms with van der Waals surface area (Å²) in [7, 11) is 0. The fourth-order valence-electron chi connectivity index (χ4n) is 11.1. The fourth-order valence-corrected chi connectivity index (χ4v) is 11.1. The molecule has 4 rings (SSSR count). The minimum Gasteiger partial charge on any atom is -2.00 e. The van der Waals surface area contributed by atoms with Gasteiger partial charge >= 0.3 is 57.8 Å². The molecule has 4 unspecified atom stereocenters. The summed E-state index contributed by atoms with van der Waals surface area (Å²) in [4.78, 5) is 72.1. The van der Waals surface area contributed by atoms with Crippen LogP contribution in [0.5, 0.6) is 0 Å². The number of ether oxygens (including phenoxy) is 8. The van der Waals surface area contributed by atoms with E-state index in [2.05, 4.69) is 0 Å². The van der Waals surface area contributed by atoms with Crippen LogP contribution in [0, 0.1) is 39.9 Å². The molecule has 4 heterocycles. The van der Waals surface area contributed by atoms with Crippen LogP contribution in [0.15, 0.2) is 0 Å². The van der Waals surface area contributed by atoms with Crippen LogP contribution in [0.25, 0.3) is 0 Å². The molecule has 0 spiro atoms. The molecule has 39 heteroatoms. The number of nitrogens with zero attached hydrogens (tertiary/aromatic N) is 5. The summed E-state index contributed by atoms with van der Waals surface area (Å²) in [5.74, 6) is -4.91. The van der Waals surface area contributed by atoms with Crippen molar-refractivity contribution in [1.29, 1.82) is 0 Å². The topological polar surface area (TPSA) is 588 Å². The van der Waals surface area contributed by atoms with E-state index in [1.165, 1.54) is 24.5 Å². The number of unbranched alkanes of at least 4 members (excludes halogenated alkanes) is 8. The minimum atomic E-state index is -1.64. The summed E-state index contributed by atoms with van der Waals surface area (Å²) >= 11 is 0. The Morgan fingerprint density at radius 3 is 0.722 bits per heavy atom. The SMILES string of the molecule is O=C(O)CN(CCN(CC(=O)O)CC(=O)N(CCCCCOC1O[C@H](CO)[C@@H](O)[C@H](O)[C@@H]1O)CCCCCOC1O[C@H](CO)[C@@H](O)[C@H](O)[C@@H]1O)CCN(CC(=O)O)CC(=O)N(CCCCCOC1O[C@@H](CO)[C@H](O)[C@@H](O)[C@H]1O)CCCCCOC1O[C@@H](CO)[C@H](O)[C@@H](O)[C@H]1O.[Gd+3].[O-2]. The van der Waals surface area contributed by atoms with Crippen molar-refractivity contribution in [3.05, 3.63) is 0 Å². The third-order valence-electron chi connectivity index (χ3n) is 16.8. The van der Waals surface area contributed by atoms with E-state index < -0.39 is 212 Å². The maximum Gasteiger partial charge on any atom is 3.00 e. The summed E-state index contributed by atoms with van der Waals surface area (Å²) < 4.78 is 43.9. The number of aliphatic hydroxyl groups is 16. The van der Waals surface area contributed by atoms with E-state index in [1.54, 1.807) is 0 Å². The molecule has 0 aromatic heterocycles. The predicted octanol–water partition coefficient (Wildman–Crippen LogP) is -9.37. The van der Waals surface area contributed by atoms with Gasteiger partial charge in [-0.3, -0.25) is 38.7 Å². The molecular formula is C58H105GdN5O33+. The molecule has 0 aliphatic carbocycles. The maximum atomic E-state index is 14.2. The largest absolute Gasteiger partial charge is 3.00 e. The van der Waals surface area contributed by atoms with Gasteiger partial charge in [-0.2, -0.15) is 0 Å². The minimum absolute atomic E-state index is 0. The van der Waals surface area contributed by atoms with Gasteiger partial charge in [0.1, 0.15) is 97.7 Å². The Hall–Kier alpha value is -2.45. The van der Waals surface area contributed by atoms with Gasteiger partial charge in [0.05, 0.1) is 59.2 Å². The number of rotatable bonds is 48. The van der Waals surface area contributed by atoms with E-state index in [-0.39, 0.29) is 124 Å². The van der Waals surface area contributed by atoms with Crippen LogP contribution in [-0.2, 0) is 67.3 Å². The molecule has 567 valence electrons. The Morgan fingerprint density at radius 2 is 0.505 bits per heavy atom. The zero-order chi connectivity index (χ0) is 70.3. The Bertz CT molecular complexity index is 1960. The van der Waals surface area contributed by atoms with Crippen molar-refractivity contribution >= 4 is 29.7 Å². The summed E-state index contributed by atoms with van der Waals surface area (Å²) in [6, 6.07) is 0. The summed E-state index contributed by atoms with van der Waals surface area (Å²) in [5, 5.41) is 190. The molecule has 0 bridgehead atoms. The van der Waals surface area contributed by atoms with Crippen molar-refractivity contribution < 1.29 is 204 Å². The second-order valence-corrected chi connectivity index (χ2v) is 24.2. The molecule has 0 saturated carbocycles. The molecule has 4 aliphatic heterocycles. The van der Waals surface area contributed by atoms with E-state index in [0.29, 0.717) is 77.0 Å². The molecule has 2 amide bonds. The third-order valence-corrected chi connectivity index (χ3v) is 16.8. The van der Waals surface area contributed by atoms with Crippen molar-refractivity contribution in [2.75, 3.05) is 138 Å². The van der Waals surface area contributed by atoms with Crippen LogP contribution >= 0.6 is 0 Å². The van der Waals surface area contributed by atoms with E-state index >= 15 is 0 Å². The normalized spacial score (nSPS) is 30.6. The Kier molecular flexibility index (Phi) is 45.3. The van der Waals surface area contributed by atoms with Gasteiger partial charge in [-0.1, -0.05) is 0 Å². The van der Waals surface area contributed by atoms with Crippen LogP contribution in [0.3, 0.4) is 0 Å². The summed E-state index contributed by atoms with van der Waals surface area (Å²) in [6.45, 7) is -5.36. The van der Waals surface area contributed by atoms with Gasteiger partial charge in [0.25, 0.3) is 0 Å². The summed E-state index contributed by atoms with van der Waals surface area (Å²) in [5.41, 5.74) is 0. The molecule has 1 radical (unpaired) electrons. The van der Waals surface area contributed by atoms with Gasteiger partial charge in [-0.25, -0.2) is 0 Å². The maximum absolute atomic E-state index is 14.2. The number of carbonyl (C=O) groups excluding carboxylic acids is 2. The van der Waals surface area contributed by atoms with Crippen molar-refractivity contribution in [3.63, 3.8) is 0 Å². The first-order valence-corrected chi connectivity index (χ1v) is 32.3. The Balaban J connectivity index is 0.0000160. The first kappa shape index (κ1) is 90.6. The second kappa shape index (κ2) is 48.5. The predicted molar refractivity (Wildman–Crippen MR) is 320 cm³/mol. The Labute approximate surface area is 593 Å². The van der Waals surface area contributed by atoms with Gasteiger partial charge in [0, 0.05) is 78.8 Å². The van der Waals surface area contributed by atoms with E-state index in [9.17, 15) is 121 Å². The van der Waals surface area contributed by atoms with Crippen molar-refractivity contribution in [2.45, 2.75) is 200 Å². The molecule has 19 N–H and O–H groups in total. The van der Waals surface area contributed by atoms with Crippen molar-refractivity contribution in [1.82, 2.24) is 24.5 Å². The average Bonchev–Trinajstić information content (AvgIpc) is 0.909. The molecule has 0 aromatic rings. The molecule has 20 atom stereocenters. The van der Waals surface area contributed by atoms with E-state index in [1.807, 2.05) is 0 Å². The number of aliphatic hydroxyl groups excluding tert-OH is 16. The fraction of sp³-hybridized carbons (Fsp3) is 0.914. The molecule has 97 heavy (non-hydrogen) atoms. The third kappa shape index (κ3) is 30.8. The number of carboxylic acids is 3. The molecule has 4 aliphatic rings. The first-order valence-electron chi connectivity index (χ1n) is 32.3. The quantitative estimate of drug-likeness (QED) is 0.0252. The van der Waals surface area contributed by atoms with Crippen molar-refractivity contribution in [3.8, 4) is 0 Å². The van der Waals surface area contributed by atoms with Gasteiger partial charge < -0.3 is 150 Å². The number of amides is 2. The molecule has 38 nitrogen and oxygen atoms in total. The number of hydrogen-bond acceptors (Lipinski definition) is 32. The molecule has 4 fully saturated rings. The van der Waals surface area contributed by atoms with Crippen molar-refractivity contribution in [2.24, 2.45) is 0 Å². The van der Waals surface area contributed by atoms with E-state index in [0.717, 1.165) is 0 Å². The number of carbonyl (C=O) groups is 5. The van der Waals surface area contributed by atoms with Gasteiger partial charge in [-0.15, -0.1) is 0 Å². The van der Waals surface area contributed by atoms with E-state index in [4.69, 9.17) is 37.9 Å². The number of carboxylic acid groups (broad SMARTS) is 3. The summed E-state index contributed by atoms with van der Waals surface area (Å²) in [6.07, 6.45) is -24.7. The smallest absolute Gasteiger partial charge is 2.00 e. The zero-order valence-electron chi connectivity index (χ0n) is 54.2. The monoisotopic (exact) mass is 1560 g/mol.